The van der Waals surface area contributed by atoms with Gasteiger partial charge in [-0.15, -0.1) is 0 Å². The molecule has 6 nitrogen and oxygen atoms in total. The van der Waals surface area contributed by atoms with E-state index < -0.39 is 21.8 Å². The van der Waals surface area contributed by atoms with Gasteiger partial charge in [0.15, 0.2) is 0 Å². The van der Waals surface area contributed by atoms with E-state index in [1.165, 1.54) is 30.3 Å². The van der Waals surface area contributed by atoms with E-state index in [2.05, 4.69) is 5.32 Å². The van der Waals surface area contributed by atoms with Crippen LogP contribution in [0, 0.1) is 0 Å². The van der Waals surface area contributed by atoms with E-state index in [4.69, 9.17) is 11.6 Å². The number of nitrogens with one attached hydrogen (secondary N) is 2. The summed E-state index contributed by atoms with van der Waals surface area (Å²) in [5.74, 6) is -1.29. The summed E-state index contributed by atoms with van der Waals surface area (Å²) in [7, 11) is -4.26. The smallest absolute Gasteiger partial charge is 0.266 e. The van der Waals surface area contributed by atoms with Crippen molar-refractivity contribution in [1.29, 1.82) is 0 Å². The Labute approximate surface area is 167 Å². The van der Waals surface area contributed by atoms with Gasteiger partial charge in [-0.3, -0.25) is 9.59 Å². The van der Waals surface area contributed by atoms with Gasteiger partial charge in [-0.25, -0.2) is 13.1 Å². The summed E-state index contributed by atoms with van der Waals surface area (Å²) in [5, 5.41) is 2.77. The summed E-state index contributed by atoms with van der Waals surface area (Å²) in [6, 6.07) is 20.1. The standard InChI is InChI=1S/C20H15ClN2O4S/c21-16-11-12-18(17(13-16)22-19(24)14-7-3-1-4-8-14)28(26,27)23-20(25)15-9-5-2-6-10-15/h1-13H,(H,22,24)(H,23,25). The van der Waals surface area contributed by atoms with Gasteiger partial charge in [0, 0.05) is 16.1 Å². The molecule has 0 aliphatic heterocycles. The largest absolute Gasteiger partial charge is 0.321 e. The van der Waals surface area contributed by atoms with Crippen molar-refractivity contribution in [2.45, 2.75) is 4.90 Å². The zero-order chi connectivity index (χ0) is 20.1. The molecule has 142 valence electrons. The number of hydrogen-bond donors (Lipinski definition) is 2. The summed E-state index contributed by atoms with van der Waals surface area (Å²) in [6.45, 7) is 0. The number of amides is 2. The molecule has 8 heteroatoms. The molecule has 0 heterocycles. The van der Waals surface area contributed by atoms with Gasteiger partial charge in [0.05, 0.1) is 5.69 Å². The third kappa shape index (κ3) is 4.57. The Balaban J connectivity index is 1.91. The van der Waals surface area contributed by atoms with E-state index in [1.54, 1.807) is 48.5 Å². The fraction of sp³-hybridized carbons (Fsp3) is 0. The van der Waals surface area contributed by atoms with E-state index in [9.17, 15) is 18.0 Å². The molecule has 3 aromatic rings. The maximum absolute atomic E-state index is 12.7. The second-order valence-electron chi connectivity index (χ2n) is 5.76. The molecule has 0 aromatic heterocycles. The van der Waals surface area contributed by atoms with Crippen molar-refractivity contribution in [2.75, 3.05) is 5.32 Å². The first-order chi connectivity index (χ1) is 13.4. The van der Waals surface area contributed by atoms with Gasteiger partial charge in [-0.2, -0.15) is 0 Å². The highest BCUT2D eigenvalue weighted by molar-refractivity contribution is 7.90. The van der Waals surface area contributed by atoms with Crippen LogP contribution in [0.2, 0.25) is 5.02 Å². The average molecular weight is 415 g/mol. The van der Waals surface area contributed by atoms with Crippen molar-refractivity contribution in [1.82, 2.24) is 4.72 Å². The fourth-order valence-electron chi connectivity index (χ4n) is 2.44. The van der Waals surface area contributed by atoms with Crippen molar-refractivity contribution in [3.05, 3.63) is 95.0 Å². The zero-order valence-corrected chi connectivity index (χ0v) is 16.0. The number of benzene rings is 3. The quantitative estimate of drug-likeness (QED) is 0.665. The van der Waals surface area contributed by atoms with Gasteiger partial charge >= 0.3 is 0 Å². The zero-order valence-electron chi connectivity index (χ0n) is 14.4. The van der Waals surface area contributed by atoms with Crippen LogP contribution in [0.3, 0.4) is 0 Å². The summed E-state index contributed by atoms with van der Waals surface area (Å²) in [4.78, 5) is 24.4. The van der Waals surface area contributed by atoms with Crippen LogP contribution in [0.15, 0.2) is 83.8 Å². The molecular formula is C20H15ClN2O4S. The normalized spacial score (nSPS) is 10.9. The fourth-order valence-corrected chi connectivity index (χ4v) is 3.73. The number of carbonyl (C=O) groups excluding carboxylic acids is 2. The van der Waals surface area contributed by atoms with Gasteiger partial charge in [-0.1, -0.05) is 48.0 Å². The highest BCUT2D eigenvalue weighted by atomic mass is 35.5. The summed E-state index contributed by atoms with van der Waals surface area (Å²) < 4.78 is 27.5. The second-order valence-corrected chi connectivity index (χ2v) is 7.85. The third-order valence-corrected chi connectivity index (χ3v) is 5.40. The number of anilines is 1. The molecule has 28 heavy (non-hydrogen) atoms. The number of hydrogen-bond acceptors (Lipinski definition) is 4. The lowest BCUT2D eigenvalue weighted by molar-refractivity contribution is 0.0980. The molecule has 2 N–H and O–H groups in total. The van der Waals surface area contributed by atoms with E-state index in [1.807, 2.05) is 4.72 Å². The molecule has 0 saturated carbocycles. The van der Waals surface area contributed by atoms with Gasteiger partial charge in [0.25, 0.3) is 21.8 Å². The van der Waals surface area contributed by atoms with Crippen LogP contribution in [0.25, 0.3) is 0 Å². The molecule has 0 aliphatic carbocycles. The Morgan fingerprint density at radius 3 is 1.86 bits per heavy atom. The molecule has 3 aromatic carbocycles. The topological polar surface area (TPSA) is 92.3 Å². The number of rotatable bonds is 5. The summed E-state index contributed by atoms with van der Waals surface area (Å²) in [6.07, 6.45) is 0. The monoisotopic (exact) mass is 414 g/mol. The molecule has 0 saturated heterocycles. The predicted octanol–water partition coefficient (Wildman–Crippen LogP) is 3.71. The molecule has 2 amide bonds. The van der Waals surface area contributed by atoms with Crippen LogP contribution in [0.5, 0.6) is 0 Å². The highest BCUT2D eigenvalue weighted by Crippen LogP contribution is 2.26. The van der Waals surface area contributed by atoms with Crippen LogP contribution < -0.4 is 10.0 Å². The minimum Gasteiger partial charge on any atom is -0.321 e. The average Bonchev–Trinajstić information content (AvgIpc) is 2.69. The minimum atomic E-state index is -4.26. The molecule has 0 spiro atoms. The molecule has 0 radical (unpaired) electrons. The molecule has 0 unspecified atom stereocenters. The number of carbonyl (C=O) groups is 2. The number of sulfonamides is 1. The Morgan fingerprint density at radius 1 is 0.750 bits per heavy atom. The lowest BCUT2D eigenvalue weighted by Gasteiger charge is -2.13. The lowest BCUT2D eigenvalue weighted by Crippen LogP contribution is -2.31. The molecule has 0 atom stereocenters. The third-order valence-electron chi connectivity index (χ3n) is 3.78. The SMILES string of the molecule is O=C(Nc1cc(Cl)ccc1S(=O)(=O)NC(=O)c1ccccc1)c1ccccc1. The van der Waals surface area contributed by atoms with Crippen molar-refractivity contribution < 1.29 is 18.0 Å². The first kappa shape index (κ1) is 19.6. The van der Waals surface area contributed by atoms with Gasteiger partial charge in [0.2, 0.25) is 0 Å². The molecule has 0 bridgehead atoms. The molecule has 0 fully saturated rings. The van der Waals surface area contributed by atoms with Crippen molar-refractivity contribution in [2.24, 2.45) is 0 Å². The van der Waals surface area contributed by atoms with Crippen molar-refractivity contribution in [3.63, 3.8) is 0 Å². The molecule has 0 aliphatic rings. The van der Waals surface area contributed by atoms with Crippen LogP contribution in [0.1, 0.15) is 20.7 Å². The Kier molecular flexibility index (Phi) is 5.77. The minimum absolute atomic E-state index is 0.0327. The Bertz CT molecular complexity index is 1120. The van der Waals surface area contributed by atoms with Gasteiger partial charge < -0.3 is 5.32 Å². The van der Waals surface area contributed by atoms with E-state index >= 15 is 0 Å². The Hall–Kier alpha value is -3.16. The summed E-state index contributed by atoms with van der Waals surface area (Å²) in [5.41, 5.74) is 0.503. The van der Waals surface area contributed by atoms with Crippen LogP contribution in [-0.4, -0.2) is 20.2 Å². The number of halogens is 1. The highest BCUT2D eigenvalue weighted by Gasteiger charge is 2.23. The van der Waals surface area contributed by atoms with Gasteiger partial charge in [-0.05, 0) is 42.5 Å². The second kappa shape index (κ2) is 8.24. The van der Waals surface area contributed by atoms with Gasteiger partial charge in [0.1, 0.15) is 4.90 Å². The maximum Gasteiger partial charge on any atom is 0.266 e. The van der Waals surface area contributed by atoms with E-state index in [0.29, 0.717) is 5.56 Å². The maximum atomic E-state index is 12.7. The molecule has 3 rings (SSSR count). The van der Waals surface area contributed by atoms with Crippen LogP contribution in [0.4, 0.5) is 5.69 Å². The first-order valence-electron chi connectivity index (χ1n) is 8.15. The predicted molar refractivity (Wildman–Crippen MR) is 107 cm³/mol. The van der Waals surface area contributed by atoms with E-state index in [-0.39, 0.29) is 21.2 Å². The Morgan fingerprint density at radius 2 is 1.29 bits per heavy atom. The molecular weight excluding hydrogens is 400 g/mol. The first-order valence-corrected chi connectivity index (χ1v) is 10.0. The van der Waals surface area contributed by atoms with Crippen LogP contribution >= 0.6 is 11.6 Å². The summed E-state index contributed by atoms with van der Waals surface area (Å²) >= 11 is 5.96. The van der Waals surface area contributed by atoms with Crippen molar-refractivity contribution in [3.8, 4) is 0 Å². The lowest BCUT2D eigenvalue weighted by atomic mass is 10.2. The van der Waals surface area contributed by atoms with Crippen LogP contribution in [-0.2, 0) is 10.0 Å². The van der Waals surface area contributed by atoms with E-state index in [0.717, 1.165) is 0 Å². The van der Waals surface area contributed by atoms with Crippen molar-refractivity contribution >= 4 is 39.1 Å².